The van der Waals surface area contributed by atoms with Crippen molar-refractivity contribution in [3.8, 4) is 16.9 Å². The third-order valence-electron chi connectivity index (χ3n) is 5.96. The number of anilines is 1. The van der Waals surface area contributed by atoms with Crippen LogP contribution in [0.3, 0.4) is 0 Å². The van der Waals surface area contributed by atoms with Gasteiger partial charge in [-0.15, -0.1) is 0 Å². The molecule has 196 valence electrons. The zero-order valence-electron chi connectivity index (χ0n) is 20.8. The van der Waals surface area contributed by atoms with Crippen molar-refractivity contribution < 1.29 is 17.9 Å². The summed E-state index contributed by atoms with van der Waals surface area (Å²) in [6.45, 7) is 1.63. The highest BCUT2D eigenvalue weighted by molar-refractivity contribution is 9.10. The van der Waals surface area contributed by atoms with Gasteiger partial charge in [-0.05, 0) is 94.0 Å². The number of hydrogen-bond donors (Lipinski definition) is 0. The van der Waals surface area contributed by atoms with Crippen molar-refractivity contribution in [2.24, 2.45) is 0 Å². The highest BCUT2D eigenvalue weighted by atomic mass is 79.9. The highest BCUT2D eigenvalue weighted by Crippen LogP contribution is 2.31. The van der Waals surface area contributed by atoms with E-state index in [0.717, 1.165) is 40.3 Å². The maximum Gasteiger partial charge on any atom is 0.278 e. The van der Waals surface area contributed by atoms with E-state index in [2.05, 4.69) is 22.9 Å². The van der Waals surface area contributed by atoms with Gasteiger partial charge in [0.05, 0.1) is 15.1 Å². The number of carbonyl (C=O) groups is 1. The average Bonchev–Trinajstić information content (AvgIpc) is 2.92. The summed E-state index contributed by atoms with van der Waals surface area (Å²) < 4.78 is 34.5. The normalized spacial score (nSPS) is 11.2. The molecule has 0 heterocycles. The van der Waals surface area contributed by atoms with Crippen LogP contribution in [0.15, 0.2) is 106 Å². The molecule has 0 aromatic heterocycles. The van der Waals surface area contributed by atoms with E-state index >= 15 is 0 Å². The minimum atomic E-state index is -4.22. The molecule has 0 fully saturated rings. The fraction of sp³-hybridized carbons (Fsp3) is 0.167. The Kier molecular flexibility index (Phi) is 9.26. The topological polar surface area (TPSA) is 63.7 Å². The molecule has 0 aliphatic rings. The van der Waals surface area contributed by atoms with Crippen LogP contribution >= 0.6 is 27.5 Å². The Morgan fingerprint density at radius 3 is 2.21 bits per heavy atom. The Hall–Kier alpha value is -3.13. The van der Waals surface area contributed by atoms with Crippen molar-refractivity contribution in [2.45, 2.75) is 31.1 Å². The molecule has 0 N–H and O–H groups in total. The molecule has 0 saturated carbocycles. The van der Waals surface area contributed by atoms with E-state index in [1.807, 2.05) is 54.6 Å². The number of halogens is 2. The molecular formula is C30H27BrClNO4S. The van der Waals surface area contributed by atoms with Crippen molar-refractivity contribution in [3.63, 3.8) is 0 Å². The third-order valence-corrected chi connectivity index (χ3v) is 8.59. The molecule has 4 rings (SSSR count). The molecule has 0 unspecified atom stereocenters. The number of nitrogens with zero attached hydrogens (tertiary/aromatic N) is 1. The van der Waals surface area contributed by atoms with Gasteiger partial charge in [0.15, 0.2) is 6.61 Å². The zero-order chi connectivity index (χ0) is 27.1. The van der Waals surface area contributed by atoms with Crippen LogP contribution < -0.4 is 9.04 Å². The van der Waals surface area contributed by atoms with Crippen LogP contribution in [0, 0.1) is 0 Å². The van der Waals surface area contributed by atoms with Crippen LogP contribution in [-0.2, 0) is 21.2 Å². The van der Waals surface area contributed by atoms with Gasteiger partial charge >= 0.3 is 0 Å². The summed E-state index contributed by atoms with van der Waals surface area (Å²) in [5.41, 5.74) is 3.34. The highest BCUT2D eigenvalue weighted by Gasteiger charge is 2.31. The van der Waals surface area contributed by atoms with E-state index in [9.17, 15) is 13.2 Å². The SMILES string of the molecule is CCCCc1ccc(N(C(=O)COc2ccc(-c3ccccc3)cc2Br)S(=O)(=O)c2ccc(Cl)cc2)cc1. The maximum absolute atomic E-state index is 13.6. The largest absolute Gasteiger partial charge is 0.483 e. The van der Waals surface area contributed by atoms with E-state index in [1.54, 1.807) is 18.2 Å². The number of ether oxygens (including phenoxy) is 1. The lowest BCUT2D eigenvalue weighted by Crippen LogP contribution is -2.40. The number of unbranched alkanes of at least 4 members (excludes halogenated alkanes) is 1. The van der Waals surface area contributed by atoms with Crippen LogP contribution in [0.2, 0.25) is 5.02 Å². The second kappa shape index (κ2) is 12.6. The molecule has 8 heteroatoms. The molecule has 0 atom stereocenters. The Morgan fingerprint density at radius 1 is 0.895 bits per heavy atom. The number of benzene rings is 4. The quantitative estimate of drug-likeness (QED) is 0.183. The van der Waals surface area contributed by atoms with Gasteiger partial charge in [0.2, 0.25) is 0 Å². The van der Waals surface area contributed by atoms with Crippen LogP contribution in [0.5, 0.6) is 5.75 Å². The van der Waals surface area contributed by atoms with Gasteiger partial charge < -0.3 is 4.74 Å². The Balaban J connectivity index is 1.60. The maximum atomic E-state index is 13.6. The molecule has 4 aromatic rings. The second-order valence-corrected chi connectivity index (χ2v) is 11.8. The van der Waals surface area contributed by atoms with Crippen LogP contribution in [0.25, 0.3) is 11.1 Å². The molecule has 1 amide bonds. The van der Waals surface area contributed by atoms with Gasteiger partial charge in [0.25, 0.3) is 15.9 Å². The first kappa shape index (κ1) is 27.9. The van der Waals surface area contributed by atoms with Crippen molar-refractivity contribution in [1.82, 2.24) is 0 Å². The summed E-state index contributed by atoms with van der Waals surface area (Å²) in [5.74, 6) is -0.294. The van der Waals surface area contributed by atoms with Crippen LogP contribution in [-0.4, -0.2) is 20.9 Å². The lowest BCUT2D eigenvalue weighted by Gasteiger charge is -2.23. The van der Waals surface area contributed by atoms with Crippen molar-refractivity contribution in [2.75, 3.05) is 10.9 Å². The van der Waals surface area contributed by atoms with Gasteiger partial charge in [-0.25, -0.2) is 8.42 Å². The second-order valence-electron chi connectivity index (χ2n) is 8.69. The summed E-state index contributed by atoms with van der Waals surface area (Å²) in [6.07, 6.45) is 2.96. The van der Waals surface area contributed by atoms with Gasteiger partial charge in [-0.3, -0.25) is 4.79 Å². The fourth-order valence-corrected chi connectivity index (χ4v) is 5.96. The van der Waals surface area contributed by atoms with Gasteiger partial charge in [-0.2, -0.15) is 4.31 Å². The molecule has 0 spiro atoms. The average molecular weight is 613 g/mol. The summed E-state index contributed by atoms with van der Waals surface area (Å²) in [5, 5.41) is 0.397. The fourth-order valence-electron chi connectivity index (χ4n) is 3.93. The third kappa shape index (κ3) is 6.65. The Bertz CT molecular complexity index is 1490. The van der Waals surface area contributed by atoms with Crippen molar-refractivity contribution in [3.05, 3.63) is 112 Å². The molecule has 0 saturated heterocycles. The van der Waals surface area contributed by atoms with Gasteiger partial charge in [0, 0.05) is 5.02 Å². The Morgan fingerprint density at radius 2 is 1.58 bits per heavy atom. The molecule has 0 aliphatic carbocycles. The summed E-state index contributed by atoms with van der Waals surface area (Å²) in [6, 6.07) is 28.1. The zero-order valence-corrected chi connectivity index (χ0v) is 24.0. The molecular weight excluding hydrogens is 586 g/mol. The minimum Gasteiger partial charge on any atom is -0.483 e. The summed E-state index contributed by atoms with van der Waals surface area (Å²) in [4.78, 5) is 13.4. The summed E-state index contributed by atoms with van der Waals surface area (Å²) >= 11 is 9.47. The first-order chi connectivity index (χ1) is 18.3. The van der Waals surface area contributed by atoms with E-state index in [1.165, 1.54) is 24.3 Å². The smallest absolute Gasteiger partial charge is 0.278 e. The minimum absolute atomic E-state index is 0.0429. The molecule has 38 heavy (non-hydrogen) atoms. The van der Waals surface area contributed by atoms with E-state index < -0.39 is 22.5 Å². The first-order valence-electron chi connectivity index (χ1n) is 12.2. The lowest BCUT2D eigenvalue weighted by molar-refractivity contribution is -0.119. The molecule has 0 radical (unpaired) electrons. The van der Waals surface area contributed by atoms with Crippen LogP contribution in [0.4, 0.5) is 5.69 Å². The number of amides is 1. The predicted molar refractivity (Wildman–Crippen MR) is 156 cm³/mol. The number of rotatable bonds is 10. The lowest BCUT2D eigenvalue weighted by atomic mass is 10.1. The molecule has 0 bridgehead atoms. The Labute approximate surface area is 237 Å². The number of carbonyl (C=O) groups excluding carboxylic acids is 1. The van der Waals surface area contributed by atoms with Crippen molar-refractivity contribution >= 4 is 49.1 Å². The monoisotopic (exact) mass is 611 g/mol. The molecule has 5 nitrogen and oxygen atoms in total. The summed E-state index contributed by atoms with van der Waals surface area (Å²) in [7, 11) is -4.22. The predicted octanol–water partition coefficient (Wildman–Crippen LogP) is 7.91. The molecule has 4 aromatic carbocycles. The van der Waals surface area contributed by atoms with E-state index in [4.69, 9.17) is 16.3 Å². The van der Waals surface area contributed by atoms with Crippen molar-refractivity contribution in [1.29, 1.82) is 0 Å². The number of aryl methyl sites for hydroxylation is 1. The number of sulfonamides is 1. The van der Waals surface area contributed by atoms with E-state index in [-0.39, 0.29) is 10.6 Å². The number of hydrogen-bond acceptors (Lipinski definition) is 4. The standard InChI is InChI=1S/C30H27BrClNO4S/c1-2-3-7-22-10-15-26(16-11-22)33(38(35,36)27-17-13-25(32)14-18-27)30(34)21-37-29-19-12-24(20-28(29)31)23-8-5-4-6-9-23/h4-6,8-20H,2-3,7,21H2,1H3. The van der Waals surface area contributed by atoms with E-state index in [0.29, 0.717) is 15.2 Å². The first-order valence-corrected chi connectivity index (χ1v) is 14.8. The van der Waals surface area contributed by atoms with Gasteiger partial charge in [0.1, 0.15) is 5.75 Å². The van der Waals surface area contributed by atoms with Crippen LogP contribution in [0.1, 0.15) is 25.3 Å². The van der Waals surface area contributed by atoms with Gasteiger partial charge in [-0.1, -0.05) is 73.5 Å². The molecule has 0 aliphatic heterocycles.